The van der Waals surface area contributed by atoms with Crippen LogP contribution in [0.4, 0.5) is 4.79 Å². The summed E-state index contributed by atoms with van der Waals surface area (Å²) in [6.07, 6.45) is 4.66. The van der Waals surface area contributed by atoms with E-state index >= 15 is 0 Å². The summed E-state index contributed by atoms with van der Waals surface area (Å²) in [5.41, 5.74) is 0.728. The summed E-state index contributed by atoms with van der Waals surface area (Å²) in [5.74, 6) is -1.80. The van der Waals surface area contributed by atoms with Crippen molar-refractivity contribution in [2.24, 2.45) is 0 Å². The number of nitrogens with zero attached hydrogens (tertiary/aromatic N) is 2. The van der Waals surface area contributed by atoms with Gasteiger partial charge in [0, 0.05) is 12.4 Å². The average Bonchev–Trinajstić information content (AvgIpc) is 2.58. The summed E-state index contributed by atoms with van der Waals surface area (Å²) in [4.78, 5) is 38.5. The Balaban J connectivity index is 2.23. The highest BCUT2D eigenvalue weighted by Crippen LogP contribution is 2.31. The number of aromatic nitrogens is 1. The van der Waals surface area contributed by atoms with Gasteiger partial charge in [0.15, 0.2) is 0 Å². The van der Waals surface area contributed by atoms with Crippen LogP contribution in [0.15, 0.2) is 29.4 Å². The van der Waals surface area contributed by atoms with E-state index in [1.807, 2.05) is 0 Å². The molecular weight excluding hydrogens is 256 g/mol. The Morgan fingerprint density at radius 2 is 2.06 bits per heavy atom. The van der Waals surface area contributed by atoms with Gasteiger partial charge in [0.1, 0.15) is 6.54 Å². The molecule has 6 nitrogen and oxygen atoms in total. The van der Waals surface area contributed by atoms with Crippen molar-refractivity contribution in [1.82, 2.24) is 9.88 Å². The molecule has 0 unspecified atom stereocenters. The lowest BCUT2D eigenvalue weighted by Crippen LogP contribution is -2.33. The Hall–Kier alpha value is -2.15. The van der Waals surface area contributed by atoms with Crippen LogP contribution in [0.1, 0.15) is 5.56 Å². The van der Waals surface area contributed by atoms with Crippen molar-refractivity contribution in [3.05, 3.63) is 35.0 Å². The second-order valence-corrected chi connectivity index (χ2v) is 4.44. The zero-order valence-corrected chi connectivity index (χ0v) is 9.88. The Labute approximate surface area is 106 Å². The van der Waals surface area contributed by atoms with Gasteiger partial charge in [-0.25, -0.2) is 0 Å². The van der Waals surface area contributed by atoms with Crippen molar-refractivity contribution in [3.8, 4) is 0 Å². The largest absolute Gasteiger partial charge is 0.480 e. The van der Waals surface area contributed by atoms with Crippen LogP contribution in [-0.2, 0) is 9.59 Å². The van der Waals surface area contributed by atoms with E-state index < -0.39 is 23.7 Å². The van der Waals surface area contributed by atoms with Crippen molar-refractivity contribution in [1.29, 1.82) is 0 Å². The number of amides is 2. The molecule has 0 aromatic carbocycles. The Bertz CT molecular complexity index is 541. The molecule has 0 radical (unpaired) electrons. The number of hydrogen-bond donors (Lipinski definition) is 1. The van der Waals surface area contributed by atoms with E-state index in [1.165, 1.54) is 6.08 Å². The first-order chi connectivity index (χ1) is 8.58. The minimum absolute atomic E-state index is 0.215. The number of carbonyl (C=O) groups excluding carboxylic acids is 2. The van der Waals surface area contributed by atoms with Gasteiger partial charge in [-0.3, -0.25) is 24.3 Å². The first-order valence-electron chi connectivity index (χ1n) is 4.95. The van der Waals surface area contributed by atoms with Crippen molar-refractivity contribution in [2.45, 2.75) is 0 Å². The summed E-state index contributed by atoms with van der Waals surface area (Å²) in [6.45, 7) is -0.613. The lowest BCUT2D eigenvalue weighted by atomic mass is 10.2. The third-order valence-corrected chi connectivity index (χ3v) is 3.08. The van der Waals surface area contributed by atoms with Crippen LogP contribution in [0.5, 0.6) is 0 Å². The maximum absolute atomic E-state index is 11.8. The molecule has 7 heteroatoms. The normalized spacial score (nSPS) is 17.6. The van der Waals surface area contributed by atoms with E-state index in [2.05, 4.69) is 4.98 Å². The molecule has 1 N–H and O–H groups in total. The maximum atomic E-state index is 11.8. The van der Waals surface area contributed by atoms with Crippen LogP contribution >= 0.6 is 11.8 Å². The number of imide groups is 1. The Morgan fingerprint density at radius 3 is 2.67 bits per heavy atom. The number of hydrogen-bond acceptors (Lipinski definition) is 5. The van der Waals surface area contributed by atoms with Crippen LogP contribution in [0.25, 0.3) is 6.08 Å². The standard InChI is InChI=1S/C11H8N2O4S/c14-9(15)6-13-10(16)8(18-11(13)17)5-7-1-3-12-4-2-7/h1-5H,6H2,(H,14,15). The van der Waals surface area contributed by atoms with Gasteiger partial charge in [0.2, 0.25) is 0 Å². The number of carboxylic acids is 1. The monoisotopic (exact) mass is 264 g/mol. The molecule has 92 valence electrons. The second kappa shape index (κ2) is 5.01. The van der Waals surface area contributed by atoms with Crippen LogP contribution in [0.3, 0.4) is 0 Å². The fourth-order valence-electron chi connectivity index (χ4n) is 1.38. The number of rotatable bonds is 3. The van der Waals surface area contributed by atoms with Crippen LogP contribution in [0.2, 0.25) is 0 Å². The molecular formula is C11H8N2O4S. The highest BCUT2D eigenvalue weighted by Gasteiger charge is 2.36. The minimum atomic E-state index is -1.22. The van der Waals surface area contributed by atoms with Crippen LogP contribution < -0.4 is 0 Å². The molecule has 2 amide bonds. The number of aliphatic carboxylic acids is 1. The van der Waals surface area contributed by atoms with Crippen molar-refractivity contribution >= 4 is 35.0 Å². The molecule has 1 aliphatic heterocycles. The number of thioether (sulfide) groups is 1. The summed E-state index contributed by atoms with van der Waals surface area (Å²) < 4.78 is 0. The predicted octanol–water partition coefficient (Wildman–Crippen LogP) is 1.20. The molecule has 2 heterocycles. The van der Waals surface area contributed by atoms with E-state index in [1.54, 1.807) is 24.5 Å². The van der Waals surface area contributed by atoms with Gasteiger partial charge in [-0.2, -0.15) is 0 Å². The fourth-order valence-corrected chi connectivity index (χ4v) is 2.22. The molecule has 0 spiro atoms. The lowest BCUT2D eigenvalue weighted by molar-refractivity contribution is -0.140. The van der Waals surface area contributed by atoms with E-state index in [0.717, 1.165) is 17.3 Å². The SMILES string of the molecule is O=C(O)CN1C(=O)SC(=Cc2ccncc2)C1=O. The number of carboxylic acid groups (broad SMARTS) is 1. The average molecular weight is 264 g/mol. The van der Waals surface area contributed by atoms with Gasteiger partial charge in [-0.15, -0.1) is 0 Å². The smallest absolute Gasteiger partial charge is 0.323 e. The van der Waals surface area contributed by atoms with Gasteiger partial charge in [-0.05, 0) is 35.5 Å². The lowest BCUT2D eigenvalue weighted by Gasteiger charge is -2.07. The molecule has 1 aromatic rings. The summed E-state index contributed by atoms with van der Waals surface area (Å²) >= 11 is 0.733. The molecule has 1 saturated heterocycles. The highest BCUT2D eigenvalue weighted by atomic mass is 32.2. The molecule has 18 heavy (non-hydrogen) atoms. The highest BCUT2D eigenvalue weighted by molar-refractivity contribution is 8.18. The van der Waals surface area contributed by atoms with Gasteiger partial charge >= 0.3 is 5.97 Å². The molecule has 0 aliphatic carbocycles. The quantitative estimate of drug-likeness (QED) is 0.825. The van der Waals surface area contributed by atoms with E-state index in [-0.39, 0.29) is 4.91 Å². The first kappa shape index (κ1) is 12.3. The van der Waals surface area contributed by atoms with E-state index in [4.69, 9.17) is 5.11 Å². The summed E-state index contributed by atoms with van der Waals surface area (Å²) in [6, 6.07) is 3.37. The van der Waals surface area contributed by atoms with E-state index in [0.29, 0.717) is 4.90 Å². The third kappa shape index (κ3) is 2.57. The minimum Gasteiger partial charge on any atom is -0.480 e. The first-order valence-corrected chi connectivity index (χ1v) is 5.77. The number of carbonyl (C=O) groups is 3. The summed E-state index contributed by atoms with van der Waals surface area (Å²) in [5, 5.41) is 8.04. The van der Waals surface area contributed by atoms with Crippen molar-refractivity contribution in [2.75, 3.05) is 6.54 Å². The second-order valence-electron chi connectivity index (χ2n) is 3.44. The molecule has 1 fully saturated rings. The molecule has 1 aromatic heterocycles. The van der Waals surface area contributed by atoms with Crippen molar-refractivity contribution < 1.29 is 19.5 Å². The Morgan fingerprint density at radius 1 is 1.39 bits per heavy atom. The molecule has 0 bridgehead atoms. The molecule has 0 saturated carbocycles. The fraction of sp³-hybridized carbons (Fsp3) is 0.0909. The topological polar surface area (TPSA) is 87.6 Å². The molecule has 1 aliphatic rings. The Kier molecular flexibility index (Phi) is 3.42. The molecule has 2 rings (SSSR count). The third-order valence-electron chi connectivity index (χ3n) is 2.17. The zero-order valence-electron chi connectivity index (χ0n) is 9.07. The van der Waals surface area contributed by atoms with Crippen LogP contribution in [-0.4, -0.2) is 38.7 Å². The maximum Gasteiger partial charge on any atom is 0.323 e. The predicted molar refractivity (Wildman–Crippen MR) is 64.5 cm³/mol. The van der Waals surface area contributed by atoms with Gasteiger partial charge in [-0.1, -0.05) is 0 Å². The zero-order chi connectivity index (χ0) is 13.1. The van der Waals surface area contributed by atoms with Gasteiger partial charge in [0.05, 0.1) is 4.91 Å². The van der Waals surface area contributed by atoms with E-state index in [9.17, 15) is 14.4 Å². The van der Waals surface area contributed by atoms with Gasteiger partial charge < -0.3 is 5.11 Å². The van der Waals surface area contributed by atoms with Gasteiger partial charge in [0.25, 0.3) is 11.1 Å². The molecule has 0 atom stereocenters. The van der Waals surface area contributed by atoms with Crippen LogP contribution in [0, 0.1) is 0 Å². The number of pyridine rings is 1. The van der Waals surface area contributed by atoms with Crippen molar-refractivity contribution in [3.63, 3.8) is 0 Å². The summed E-state index contributed by atoms with van der Waals surface area (Å²) in [7, 11) is 0.